The van der Waals surface area contributed by atoms with Crippen molar-refractivity contribution in [3.8, 4) is 18.6 Å². The van der Waals surface area contributed by atoms with Crippen LogP contribution in [0.1, 0.15) is 24.5 Å². The molecule has 0 aromatic heterocycles. The second-order valence-electron chi connectivity index (χ2n) is 3.12. The molecule has 0 fully saturated rings. The summed E-state index contributed by atoms with van der Waals surface area (Å²) in [4.78, 5) is 0. The Morgan fingerprint density at radius 1 is 1.19 bits per heavy atom. The van der Waals surface area contributed by atoms with Gasteiger partial charge in [-0.05, 0) is 38.9 Å². The van der Waals surface area contributed by atoms with Crippen LogP contribution in [0.25, 0.3) is 0 Å². The minimum atomic E-state index is 0.809. The third kappa shape index (κ3) is 6.92. The van der Waals surface area contributed by atoms with Gasteiger partial charge in [0.2, 0.25) is 0 Å². The lowest BCUT2D eigenvalue weighted by Gasteiger charge is -2.07. The van der Waals surface area contributed by atoms with E-state index in [2.05, 4.69) is 51.5 Å². The zero-order valence-electron chi connectivity index (χ0n) is 10.8. The van der Waals surface area contributed by atoms with Crippen LogP contribution in [-0.2, 0) is 0 Å². The van der Waals surface area contributed by atoms with Crippen molar-refractivity contribution in [2.45, 2.75) is 27.2 Å². The van der Waals surface area contributed by atoms with Gasteiger partial charge >= 0.3 is 0 Å². The van der Waals surface area contributed by atoms with Crippen LogP contribution in [0.4, 0.5) is 0 Å². The number of benzene rings is 1. The molecule has 0 saturated heterocycles. The molecule has 90 valence electrons. The Balaban J connectivity index is 0. The van der Waals surface area contributed by atoms with Gasteiger partial charge in [0.1, 0.15) is 5.75 Å². The zero-order valence-corrected chi connectivity index (χ0v) is 10.8. The standard InChI is InChI=1S/C11H16O.C2H2.CH5N/c1-4-7-12-11-6-5-9(2)8-10(11)3;2*1-2/h5-6,8H,4,7H2,1-3H3;1-2H;2H2,1H3. The van der Waals surface area contributed by atoms with Gasteiger partial charge in [0.15, 0.2) is 0 Å². The predicted molar refractivity (Wildman–Crippen MR) is 71.7 cm³/mol. The molecule has 0 aliphatic heterocycles. The molecule has 2 heteroatoms. The normalized spacial score (nSPS) is 7.94. The minimum Gasteiger partial charge on any atom is -0.493 e. The number of rotatable bonds is 3. The van der Waals surface area contributed by atoms with E-state index in [0.717, 1.165) is 18.8 Å². The van der Waals surface area contributed by atoms with Gasteiger partial charge in [-0.15, -0.1) is 12.8 Å². The van der Waals surface area contributed by atoms with Crippen LogP contribution in [-0.4, -0.2) is 13.7 Å². The number of ether oxygens (including phenoxy) is 1. The average molecular weight is 221 g/mol. The summed E-state index contributed by atoms with van der Waals surface area (Å²) in [5.41, 5.74) is 7.01. The quantitative estimate of drug-likeness (QED) is 0.796. The van der Waals surface area contributed by atoms with Crippen molar-refractivity contribution in [3.05, 3.63) is 29.3 Å². The Hall–Kier alpha value is -1.46. The van der Waals surface area contributed by atoms with Gasteiger partial charge in [0, 0.05) is 0 Å². The molecule has 0 spiro atoms. The highest BCUT2D eigenvalue weighted by Gasteiger charge is 1.97. The summed E-state index contributed by atoms with van der Waals surface area (Å²) < 4.78 is 5.54. The lowest BCUT2D eigenvalue weighted by atomic mass is 10.1. The fourth-order valence-electron chi connectivity index (χ4n) is 1.17. The van der Waals surface area contributed by atoms with E-state index in [1.165, 1.54) is 18.2 Å². The molecule has 0 saturated carbocycles. The molecular weight excluding hydrogens is 198 g/mol. The monoisotopic (exact) mass is 221 g/mol. The van der Waals surface area contributed by atoms with Crippen LogP contribution in [0, 0.1) is 26.7 Å². The summed E-state index contributed by atoms with van der Waals surface area (Å²) in [6.07, 6.45) is 9.06. The van der Waals surface area contributed by atoms with Crippen molar-refractivity contribution >= 4 is 0 Å². The van der Waals surface area contributed by atoms with Crippen LogP contribution >= 0.6 is 0 Å². The largest absolute Gasteiger partial charge is 0.493 e. The molecule has 0 radical (unpaired) electrons. The second-order valence-corrected chi connectivity index (χ2v) is 3.12. The number of terminal acetylenes is 1. The molecule has 0 heterocycles. The van der Waals surface area contributed by atoms with Crippen molar-refractivity contribution < 1.29 is 4.74 Å². The predicted octanol–water partition coefficient (Wildman–Crippen LogP) is 2.92. The minimum absolute atomic E-state index is 0.809. The number of aryl methyl sites for hydroxylation is 2. The van der Waals surface area contributed by atoms with Gasteiger partial charge in [-0.2, -0.15) is 0 Å². The maximum Gasteiger partial charge on any atom is 0.122 e. The van der Waals surface area contributed by atoms with Crippen molar-refractivity contribution in [1.29, 1.82) is 0 Å². The van der Waals surface area contributed by atoms with Gasteiger partial charge in [0.25, 0.3) is 0 Å². The van der Waals surface area contributed by atoms with Crippen LogP contribution in [0.3, 0.4) is 0 Å². The Labute approximate surface area is 99.8 Å². The molecule has 2 nitrogen and oxygen atoms in total. The van der Waals surface area contributed by atoms with E-state index in [9.17, 15) is 0 Å². The Kier molecular flexibility index (Phi) is 12.3. The molecule has 2 N–H and O–H groups in total. The first-order valence-electron chi connectivity index (χ1n) is 5.35. The molecule has 1 rings (SSSR count). The summed E-state index contributed by atoms with van der Waals surface area (Å²) in [6, 6.07) is 6.27. The van der Waals surface area contributed by atoms with Gasteiger partial charge in [-0.1, -0.05) is 24.6 Å². The molecule has 1 aromatic rings. The van der Waals surface area contributed by atoms with Crippen molar-refractivity contribution in [2.75, 3.05) is 13.7 Å². The summed E-state index contributed by atoms with van der Waals surface area (Å²) in [7, 11) is 1.50. The van der Waals surface area contributed by atoms with Crippen LogP contribution in [0.5, 0.6) is 5.75 Å². The van der Waals surface area contributed by atoms with Gasteiger partial charge in [0.05, 0.1) is 6.61 Å². The zero-order chi connectivity index (χ0) is 13.0. The molecular formula is C14H23NO. The Bertz CT molecular complexity index is 292. The Morgan fingerprint density at radius 2 is 1.75 bits per heavy atom. The average Bonchev–Trinajstić information content (AvgIpc) is 2.33. The highest BCUT2D eigenvalue weighted by Crippen LogP contribution is 2.18. The van der Waals surface area contributed by atoms with E-state index < -0.39 is 0 Å². The molecule has 0 aliphatic carbocycles. The second kappa shape index (κ2) is 11.6. The molecule has 16 heavy (non-hydrogen) atoms. The van der Waals surface area contributed by atoms with E-state index >= 15 is 0 Å². The third-order valence-electron chi connectivity index (χ3n) is 1.79. The maximum absolute atomic E-state index is 5.54. The van der Waals surface area contributed by atoms with Crippen LogP contribution in [0.15, 0.2) is 18.2 Å². The van der Waals surface area contributed by atoms with Crippen LogP contribution in [0.2, 0.25) is 0 Å². The Morgan fingerprint density at radius 3 is 2.19 bits per heavy atom. The maximum atomic E-state index is 5.54. The van der Waals surface area contributed by atoms with Gasteiger partial charge < -0.3 is 10.5 Å². The molecule has 1 aromatic carbocycles. The van der Waals surface area contributed by atoms with Gasteiger partial charge in [-0.3, -0.25) is 0 Å². The lowest BCUT2D eigenvalue weighted by Crippen LogP contribution is -1.96. The molecule has 0 amide bonds. The summed E-state index contributed by atoms with van der Waals surface area (Å²) in [5, 5.41) is 0. The molecule has 0 atom stereocenters. The third-order valence-corrected chi connectivity index (χ3v) is 1.79. The first-order valence-corrected chi connectivity index (χ1v) is 5.35. The fraction of sp³-hybridized carbons (Fsp3) is 0.429. The number of hydrogen-bond donors (Lipinski definition) is 1. The van der Waals surface area contributed by atoms with Crippen molar-refractivity contribution in [3.63, 3.8) is 0 Å². The van der Waals surface area contributed by atoms with E-state index in [1.807, 2.05) is 6.07 Å². The first-order chi connectivity index (χ1) is 7.74. The molecule has 0 unspecified atom stereocenters. The number of nitrogens with two attached hydrogens (primary N) is 1. The summed E-state index contributed by atoms with van der Waals surface area (Å²) in [5.74, 6) is 1.02. The number of hydrogen-bond acceptors (Lipinski definition) is 2. The molecule has 0 bridgehead atoms. The molecule has 0 aliphatic rings. The lowest BCUT2D eigenvalue weighted by molar-refractivity contribution is 0.315. The van der Waals surface area contributed by atoms with Crippen molar-refractivity contribution in [1.82, 2.24) is 0 Å². The van der Waals surface area contributed by atoms with Crippen LogP contribution < -0.4 is 10.5 Å². The first kappa shape index (κ1) is 17.0. The van der Waals surface area contributed by atoms with E-state index in [4.69, 9.17) is 4.74 Å². The fourth-order valence-corrected chi connectivity index (χ4v) is 1.17. The van der Waals surface area contributed by atoms with E-state index in [-0.39, 0.29) is 0 Å². The highest BCUT2D eigenvalue weighted by molar-refractivity contribution is 5.35. The topological polar surface area (TPSA) is 35.2 Å². The van der Waals surface area contributed by atoms with E-state index in [1.54, 1.807) is 0 Å². The smallest absolute Gasteiger partial charge is 0.122 e. The van der Waals surface area contributed by atoms with Gasteiger partial charge in [-0.25, -0.2) is 0 Å². The van der Waals surface area contributed by atoms with Crippen molar-refractivity contribution in [2.24, 2.45) is 5.73 Å². The summed E-state index contributed by atoms with van der Waals surface area (Å²) >= 11 is 0. The van der Waals surface area contributed by atoms with E-state index in [0.29, 0.717) is 0 Å². The SMILES string of the molecule is C#C.CCCOc1ccc(C)cc1C.CN. The highest BCUT2D eigenvalue weighted by atomic mass is 16.5. The summed E-state index contributed by atoms with van der Waals surface area (Å²) in [6.45, 7) is 7.10.